The molecule has 0 spiro atoms. The Hall–Kier alpha value is -2.36. The van der Waals surface area contributed by atoms with Crippen LogP contribution in [0, 0.1) is 5.21 Å². The Morgan fingerprint density at radius 1 is 1.20 bits per heavy atom. The summed E-state index contributed by atoms with van der Waals surface area (Å²) in [5.41, 5.74) is 1.59. The van der Waals surface area contributed by atoms with Crippen LogP contribution in [0.25, 0.3) is 0 Å². The zero-order valence-corrected chi connectivity index (χ0v) is 11.5. The van der Waals surface area contributed by atoms with Crippen molar-refractivity contribution in [2.75, 3.05) is 0 Å². The molecular formula is C16H18N2O2. The molecule has 4 heteroatoms. The average molecular weight is 270 g/mol. The van der Waals surface area contributed by atoms with Gasteiger partial charge < -0.3 is 10.5 Å². The topological polar surface area (TPSA) is 56.0 Å². The number of carbonyl (C=O) groups excluding carboxylic acids is 1. The minimum absolute atomic E-state index is 0.00622. The van der Waals surface area contributed by atoms with Crippen LogP contribution in [-0.2, 0) is 0 Å². The third-order valence-corrected chi connectivity index (χ3v) is 3.15. The summed E-state index contributed by atoms with van der Waals surface area (Å²) in [6.45, 7) is 2.09. The predicted octanol–water partition coefficient (Wildman–Crippen LogP) is 2.59. The van der Waals surface area contributed by atoms with Crippen molar-refractivity contribution in [2.24, 2.45) is 0 Å². The lowest BCUT2D eigenvalue weighted by molar-refractivity contribution is -0.605. The lowest BCUT2D eigenvalue weighted by Gasteiger charge is -2.18. The van der Waals surface area contributed by atoms with E-state index < -0.39 is 0 Å². The Morgan fingerprint density at radius 3 is 2.45 bits per heavy atom. The molecule has 0 bridgehead atoms. The molecule has 1 N–H and O–H groups in total. The van der Waals surface area contributed by atoms with Gasteiger partial charge in [-0.1, -0.05) is 43.7 Å². The van der Waals surface area contributed by atoms with E-state index in [0.717, 1.165) is 18.4 Å². The zero-order valence-electron chi connectivity index (χ0n) is 11.5. The van der Waals surface area contributed by atoms with Crippen LogP contribution in [0.1, 0.15) is 41.7 Å². The van der Waals surface area contributed by atoms with E-state index >= 15 is 0 Å². The quantitative estimate of drug-likeness (QED) is 0.670. The highest BCUT2D eigenvalue weighted by atomic mass is 16.5. The first-order chi connectivity index (χ1) is 9.70. The standard InChI is InChI=1S/C16H18N2O2/c1-2-6-15(13-7-4-3-5-8-13)17-16(19)14-9-11-18(20)12-10-14/h3-5,7-12,15H,2,6H2,1H3,(H,17,19). The number of hydrogen-bond acceptors (Lipinski definition) is 2. The minimum Gasteiger partial charge on any atom is -0.619 e. The molecule has 4 nitrogen and oxygen atoms in total. The van der Waals surface area contributed by atoms with E-state index in [1.807, 2.05) is 30.3 Å². The Morgan fingerprint density at radius 2 is 1.85 bits per heavy atom. The second-order valence-electron chi connectivity index (χ2n) is 4.67. The van der Waals surface area contributed by atoms with Gasteiger partial charge in [-0.05, 0) is 12.0 Å². The predicted molar refractivity (Wildman–Crippen MR) is 77.0 cm³/mol. The second kappa shape index (κ2) is 6.70. The van der Waals surface area contributed by atoms with Crippen LogP contribution >= 0.6 is 0 Å². The molecule has 1 aromatic heterocycles. The van der Waals surface area contributed by atoms with Gasteiger partial charge in [0.05, 0.1) is 11.6 Å². The number of aromatic nitrogens is 1. The van der Waals surface area contributed by atoms with Gasteiger partial charge in [0.25, 0.3) is 5.91 Å². The van der Waals surface area contributed by atoms with Gasteiger partial charge in [0.1, 0.15) is 0 Å². The summed E-state index contributed by atoms with van der Waals surface area (Å²) in [6, 6.07) is 13.0. The van der Waals surface area contributed by atoms with Crippen molar-refractivity contribution in [3.8, 4) is 0 Å². The molecule has 1 amide bonds. The Kier molecular flexibility index (Phi) is 4.71. The second-order valence-corrected chi connectivity index (χ2v) is 4.67. The first-order valence-electron chi connectivity index (χ1n) is 6.75. The monoisotopic (exact) mass is 270 g/mol. The molecule has 1 unspecified atom stereocenters. The molecule has 2 rings (SSSR count). The Labute approximate surface area is 118 Å². The number of nitrogens with zero attached hydrogens (tertiary/aromatic N) is 1. The highest BCUT2D eigenvalue weighted by molar-refractivity contribution is 5.94. The third kappa shape index (κ3) is 3.57. The number of pyridine rings is 1. The van der Waals surface area contributed by atoms with Gasteiger partial charge in [0.15, 0.2) is 12.4 Å². The van der Waals surface area contributed by atoms with Crippen LogP contribution in [0.4, 0.5) is 0 Å². The molecule has 2 aromatic rings. The Bertz CT molecular complexity index is 552. The fourth-order valence-corrected chi connectivity index (χ4v) is 2.10. The largest absolute Gasteiger partial charge is 0.619 e. The molecule has 0 fully saturated rings. The van der Waals surface area contributed by atoms with E-state index in [1.54, 1.807) is 0 Å². The van der Waals surface area contributed by atoms with Crippen molar-refractivity contribution in [3.05, 3.63) is 71.2 Å². The van der Waals surface area contributed by atoms with Gasteiger partial charge in [-0.15, -0.1) is 0 Å². The average Bonchev–Trinajstić information content (AvgIpc) is 2.48. The van der Waals surface area contributed by atoms with Crippen LogP contribution in [0.2, 0.25) is 0 Å². The number of carbonyl (C=O) groups is 1. The highest BCUT2D eigenvalue weighted by Crippen LogP contribution is 2.18. The van der Waals surface area contributed by atoms with Gasteiger partial charge >= 0.3 is 0 Å². The van der Waals surface area contributed by atoms with Gasteiger partial charge in [-0.25, -0.2) is 0 Å². The SMILES string of the molecule is CCCC(NC(=O)c1cc[n+]([O-])cc1)c1ccccc1. The van der Waals surface area contributed by atoms with Crippen LogP contribution in [0.5, 0.6) is 0 Å². The lowest BCUT2D eigenvalue weighted by Crippen LogP contribution is -2.30. The lowest BCUT2D eigenvalue weighted by atomic mass is 10.0. The summed E-state index contributed by atoms with van der Waals surface area (Å²) in [6.07, 6.45) is 4.51. The molecule has 1 heterocycles. The van der Waals surface area contributed by atoms with Crippen molar-refractivity contribution in [2.45, 2.75) is 25.8 Å². The van der Waals surface area contributed by atoms with E-state index in [2.05, 4.69) is 12.2 Å². The highest BCUT2D eigenvalue weighted by Gasteiger charge is 2.15. The van der Waals surface area contributed by atoms with Crippen molar-refractivity contribution in [3.63, 3.8) is 0 Å². The first kappa shape index (κ1) is 14.1. The first-order valence-corrected chi connectivity index (χ1v) is 6.75. The summed E-state index contributed by atoms with van der Waals surface area (Å²) in [4.78, 5) is 12.2. The van der Waals surface area contributed by atoms with E-state index in [-0.39, 0.29) is 11.9 Å². The molecule has 0 aliphatic heterocycles. The summed E-state index contributed by atoms with van der Waals surface area (Å²) < 4.78 is 0.664. The van der Waals surface area contributed by atoms with Gasteiger partial charge in [-0.2, -0.15) is 4.73 Å². The molecule has 0 saturated heterocycles. The molecule has 0 aliphatic rings. The van der Waals surface area contributed by atoms with Crippen molar-refractivity contribution in [1.29, 1.82) is 0 Å². The molecule has 0 radical (unpaired) electrons. The van der Waals surface area contributed by atoms with E-state index in [0.29, 0.717) is 10.3 Å². The van der Waals surface area contributed by atoms with Crippen LogP contribution in [0.15, 0.2) is 54.9 Å². The van der Waals surface area contributed by atoms with Crippen LogP contribution < -0.4 is 10.0 Å². The third-order valence-electron chi connectivity index (χ3n) is 3.15. The maximum Gasteiger partial charge on any atom is 0.252 e. The molecule has 1 aromatic carbocycles. The summed E-state index contributed by atoms with van der Waals surface area (Å²) >= 11 is 0. The molecular weight excluding hydrogens is 252 g/mol. The maximum absolute atomic E-state index is 12.2. The Balaban J connectivity index is 2.12. The van der Waals surface area contributed by atoms with Gasteiger partial charge in [-0.3, -0.25) is 4.79 Å². The smallest absolute Gasteiger partial charge is 0.252 e. The fourth-order valence-electron chi connectivity index (χ4n) is 2.10. The van der Waals surface area contributed by atoms with E-state index in [9.17, 15) is 10.0 Å². The number of rotatable bonds is 5. The molecule has 0 saturated carbocycles. The maximum atomic E-state index is 12.2. The van der Waals surface area contributed by atoms with E-state index in [4.69, 9.17) is 0 Å². The fraction of sp³-hybridized carbons (Fsp3) is 0.250. The number of benzene rings is 1. The minimum atomic E-state index is -0.159. The zero-order chi connectivity index (χ0) is 14.4. The van der Waals surface area contributed by atoms with E-state index in [1.165, 1.54) is 24.5 Å². The summed E-state index contributed by atoms with van der Waals surface area (Å²) in [5, 5.41) is 14.0. The van der Waals surface area contributed by atoms with Crippen LogP contribution in [0.3, 0.4) is 0 Å². The van der Waals surface area contributed by atoms with Crippen LogP contribution in [-0.4, -0.2) is 5.91 Å². The molecule has 0 aliphatic carbocycles. The van der Waals surface area contributed by atoms with Gasteiger partial charge in [0, 0.05) is 12.1 Å². The number of amides is 1. The number of nitrogens with one attached hydrogen (secondary N) is 1. The van der Waals surface area contributed by atoms with Crippen molar-refractivity contribution in [1.82, 2.24) is 5.32 Å². The van der Waals surface area contributed by atoms with Crippen molar-refractivity contribution < 1.29 is 9.52 Å². The summed E-state index contributed by atoms with van der Waals surface area (Å²) in [5.74, 6) is -0.159. The molecule has 104 valence electrons. The molecule has 1 atom stereocenters. The number of hydrogen-bond donors (Lipinski definition) is 1. The normalized spacial score (nSPS) is 11.8. The van der Waals surface area contributed by atoms with Crippen molar-refractivity contribution >= 4 is 5.91 Å². The van der Waals surface area contributed by atoms with Gasteiger partial charge in [0.2, 0.25) is 0 Å². The molecule has 20 heavy (non-hydrogen) atoms. The summed E-state index contributed by atoms with van der Waals surface area (Å²) in [7, 11) is 0.